The molecule has 2 heterocycles. The van der Waals surface area contributed by atoms with Gasteiger partial charge in [0, 0.05) is 12.7 Å². The molecular weight excluding hydrogens is 250 g/mol. The van der Waals surface area contributed by atoms with E-state index in [9.17, 15) is 4.79 Å². The van der Waals surface area contributed by atoms with Gasteiger partial charge in [-0.1, -0.05) is 24.3 Å². The Hall–Kier alpha value is -2.20. The third kappa shape index (κ3) is 2.70. The van der Waals surface area contributed by atoms with Gasteiger partial charge in [-0.3, -0.25) is 9.78 Å². The van der Waals surface area contributed by atoms with Gasteiger partial charge >= 0.3 is 0 Å². The highest BCUT2D eigenvalue weighted by atomic mass is 16.2. The van der Waals surface area contributed by atoms with E-state index in [0.717, 1.165) is 24.2 Å². The Labute approximate surface area is 118 Å². The van der Waals surface area contributed by atoms with Gasteiger partial charge in [0.25, 0.3) is 0 Å². The molecule has 1 aliphatic heterocycles. The maximum atomic E-state index is 12.3. The second-order valence-electron chi connectivity index (χ2n) is 5.15. The summed E-state index contributed by atoms with van der Waals surface area (Å²) in [6.07, 6.45) is 4.16. The molecule has 0 radical (unpaired) electrons. The van der Waals surface area contributed by atoms with Crippen LogP contribution in [0.1, 0.15) is 16.7 Å². The van der Waals surface area contributed by atoms with E-state index in [1.54, 1.807) is 12.4 Å². The lowest BCUT2D eigenvalue weighted by atomic mass is 9.95. The third-order valence-corrected chi connectivity index (χ3v) is 3.54. The van der Waals surface area contributed by atoms with Crippen molar-refractivity contribution in [2.24, 2.45) is 0 Å². The second-order valence-corrected chi connectivity index (χ2v) is 5.15. The van der Waals surface area contributed by atoms with Crippen molar-refractivity contribution >= 4 is 11.6 Å². The van der Waals surface area contributed by atoms with Gasteiger partial charge in [0.05, 0.1) is 17.9 Å². The van der Waals surface area contributed by atoms with Gasteiger partial charge in [-0.15, -0.1) is 0 Å². The van der Waals surface area contributed by atoms with Gasteiger partial charge in [-0.2, -0.15) is 0 Å². The van der Waals surface area contributed by atoms with Crippen molar-refractivity contribution in [2.45, 2.75) is 25.9 Å². The first-order chi connectivity index (χ1) is 9.72. The zero-order valence-corrected chi connectivity index (χ0v) is 11.4. The van der Waals surface area contributed by atoms with Crippen molar-refractivity contribution in [1.82, 2.24) is 10.3 Å². The van der Waals surface area contributed by atoms with E-state index in [2.05, 4.69) is 27.8 Å². The molecule has 2 N–H and O–H groups in total. The van der Waals surface area contributed by atoms with E-state index in [1.807, 2.05) is 25.1 Å². The van der Waals surface area contributed by atoms with Crippen molar-refractivity contribution < 1.29 is 4.79 Å². The molecule has 0 aliphatic carbocycles. The summed E-state index contributed by atoms with van der Waals surface area (Å²) in [4.78, 5) is 16.4. The molecule has 0 fully saturated rings. The molecule has 1 amide bonds. The van der Waals surface area contributed by atoms with Gasteiger partial charge in [0.1, 0.15) is 0 Å². The molecule has 3 rings (SSSR count). The molecule has 1 aromatic heterocycles. The summed E-state index contributed by atoms with van der Waals surface area (Å²) in [5.74, 6) is -0.00750. The number of pyridine rings is 1. The Balaban J connectivity index is 1.70. The first-order valence-electron chi connectivity index (χ1n) is 6.75. The SMILES string of the molecule is Cc1cncc(NC(=O)[C@@H]2Cc3ccccc3CN2)c1. The molecule has 1 aliphatic rings. The number of benzene rings is 1. The molecule has 0 saturated heterocycles. The van der Waals surface area contributed by atoms with Crippen LogP contribution in [0.25, 0.3) is 0 Å². The van der Waals surface area contributed by atoms with E-state index in [4.69, 9.17) is 0 Å². The number of anilines is 1. The predicted octanol–water partition coefficient (Wildman–Crippen LogP) is 2.04. The molecule has 2 aromatic rings. The van der Waals surface area contributed by atoms with Crippen molar-refractivity contribution in [2.75, 3.05) is 5.32 Å². The summed E-state index contributed by atoms with van der Waals surface area (Å²) in [5, 5.41) is 6.20. The number of nitrogens with zero attached hydrogens (tertiary/aromatic N) is 1. The van der Waals surface area contributed by atoms with E-state index >= 15 is 0 Å². The Morgan fingerprint density at radius 1 is 1.30 bits per heavy atom. The fourth-order valence-corrected chi connectivity index (χ4v) is 2.49. The smallest absolute Gasteiger partial charge is 0.241 e. The molecule has 0 unspecified atom stereocenters. The Morgan fingerprint density at radius 2 is 2.10 bits per heavy atom. The van der Waals surface area contributed by atoms with E-state index < -0.39 is 0 Å². The summed E-state index contributed by atoms with van der Waals surface area (Å²) < 4.78 is 0. The van der Waals surface area contributed by atoms with Crippen LogP contribution in [0.3, 0.4) is 0 Å². The van der Waals surface area contributed by atoms with Crippen LogP contribution in [0.4, 0.5) is 5.69 Å². The van der Waals surface area contributed by atoms with Gasteiger partial charge in [-0.25, -0.2) is 0 Å². The van der Waals surface area contributed by atoms with E-state index in [-0.39, 0.29) is 11.9 Å². The Kier molecular flexibility index (Phi) is 3.48. The van der Waals surface area contributed by atoms with Crippen molar-refractivity contribution in [3.05, 3.63) is 59.4 Å². The number of hydrogen-bond acceptors (Lipinski definition) is 3. The summed E-state index contributed by atoms with van der Waals surface area (Å²) in [6, 6.07) is 9.96. The van der Waals surface area contributed by atoms with Crippen LogP contribution in [-0.2, 0) is 17.8 Å². The molecule has 4 nitrogen and oxygen atoms in total. The molecule has 0 spiro atoms. The van der Waals surface area contributed by atoms with E-state index in [1.165, 1.54) is 11.1 Å². The molecule has 1 atom stereocenters. The number of rotatable bonds is 2. The third-order valence-electron chi connectivity index (χ3n) is 3.54. The Bertz CT molecular complexity index is 639. The number of fused-ring (bicyclic) bond motifs is 1. The van der Waals surface area contributed by atoms with Crippen LogP contribution in [-0.4, -0.2) is 16.9 Å². The molecule has 102 valence electrons. The van der Waals surface area contributed by atoms with Gasteiger partial charge < -0.3 is 10.6 Å². The maximum absolute atomic E-state index is 12.3. The molecule has 1 aromatic carbocycles. The molecule has 0 bridgehead atoms. The van der Waals surface area contributed by atoms with Gasteiger partial charge in [-0.05, 0) is 36.1 Å². The zero-order valence-electron chi connectivity index (χ0n) is 11.4. The predicted molar refractivity (Wildman–Crippen MR) is 78.4 cm³/mol. The highest BCUT2D eigenvalue weighted by Crippen LogP contribution is 2.17. The van der Waals surface area contributed by atoms with Gasteiger partial charge in [0.15, 0.2) is 0 Å². The van der Waals surface area contributed by atoms with Crippen LogP contribution in [0, 0.1) is 6.92 Å². The van der Waals surface area contributed by atoms with Crippen LogP contribution in [0.2, 0.25) is 0 Å². The lowest BCUT2D eigenvalue weighted by Crippen LogP contribution is -2.44. The summed E-state index contributed by atoms with van der Waals surface area (Å²) in [6.45, 7) is 2.69. The van der Waals surface area contributed by atoms with Gasteiger partial charge in [0.2, 0.25) is 5.91 Å². The molecule has 20 heavy (non-hydrogen) atoms. The maximum Gasteiger partial charge on any atom is 0.241 e. The number of carbonyl (C=O) groups is 1. The minimum absolute atomic E-state index is 0.00750. The Morgan fingerprint density at radius 3 is 2.90 bits per heavy atom. The van der Waals surface area contributed by atoms with Crippen LogP contribution >= 0.6 is 0 Å². The normalized spacial score (nSPS) is 17.4. The lowest BCUT2D eigenvalue weighted by molar-refractivity contribution is -0.118. The number of hydrogen-bond donors (Lipinski definition) is 2. The second kappa shape index (κ2) is 5.43. The fraction of sp³-hybridized carbons (Fsp3) is 0.250. The minimum atomic E-state index is -0.189. The molecule has 4 heteroatoms. The number of aromatic nitrogens is 1. The monoisotopic (exact) mass is 267 g/mol. The summed E-state index contributed by atoms with van der Waals surface area (Å²) in [5.41, 5.74) is 4.29. The topological polar surface area (TPSA) is 54.0 Å². The average molecular weight is 267 g/mol. The van der Waals surface area contributed by atoms with Crippen molar-refractivity contribution in [1.29, 1.82) is 0 Å². The average Bonchev–Trinajstić information content (AvgIpc) is 2.47. The lowest BCUT2D eigenvalue weighted by Gasteiger charge is -2.25. The minimum Gasteiger partial charge on any atom is -0.323 e. The van der Waals surface area contributed by atoms with Crippen molar-refractivity contribution in [3.8, 4) is 0 Å². The summed E-state index contributed by atoms with van der Waals surface area (Å²) in [7, 11) is 0. The molecular formula is C16H17N3O. The standard InChI is InChI=1S/C16H17N3O/c1-11-6-14(10-17-8-11)19-16(20)15-7-12-4-2-3-5-13(12)9-18-15/h2-6,8,10,15,18H,7,9H2,1H3,(H,19,20)/t15-/m0/s1. The van der Waals surface area contributed by atoms with Crippen LogP contribution in [0.15, 0.2) is 42.7 Å². The number of nitrogens with one attached hydrogen (secondary N) is 2. The fourth-order valence-electron chi connectivity index (χ4n) is 2.49. The van der Waals surface area contributed by atoms with Crippen LogP contribution < -0.4 is 10.6 Å². The largest absolute Gasteiger partial charge is 0.323 e. The molecule has 0 saturated carbocycles. The number of aryl methyl sites for hydroxylation is 1. The zero-order chi connectivity index (χ0) is 13.9. The number of carbonyl (C=O) groups excluding carboxylic acids is 1. The summed E-state index contributed by atoms with van der Waals surface area (Å²) >= 11 is 0. The van der Waals surface area contributed by atoms with E-state index in [0.29, 0.717) is 0 Å². The van der Waals surface area contributed by atoms with Crippen molar-refractivity contribution in [3.63, 3.8) is 0 Å². The highest BCUT2D eigenvalue weighted by Gasteiger charge is 2.23. The first kappa shape index (κ1) is 12.8. The van der Waals surface area contributed by atoms with Crippen LogP contribution in [0.5, 0.6) is 0 Å². The number of amides is 1. The first-order valence-corrected chi connectivity index (χ1v) is 6.75. The highest BCUT2D eigenvalue weighted by molar-refractivity contribution is 5.95. The quantitative estimate of drug-likeness (QED) is 0.875.